The van der Waals surface area contributed by atoms with Crippen LogP contribution in [0.2, 0.25) is 0 Å². The quantitative estimate of drug-likeness (QED) is 0.475. The molecule has 6 heteroatoms. The summed E-state index contributed by atoms with van der Waals surface area (Å²) in [6.45, 7) is 4.44. The predicted molar refractivity (Wildman–Crippen MR) is 80.2 cm³/mol. The number of carbonyl (C=O) groups excluding carboxylic acids is 1. The van der Waals surface area contributed by atoms with Crippen LogP contribution in [0.4, 0.5) is 0 Å². The number of halogens is 1. The van der Waals surface area contributed by atoms with Gasteiger partial charge in [-0.1, -0.05) is 18.2 Å². The van der Waals surface area contributed by atoms with Gasteiger partial charge in [-0.05, 0) is 12.1 Å². The lowest BCUT2D eigenvalue weighted by Gasteiger charge is -2.25. The van der Waals surface area contributed by atoms with Crippen LogP contribution in [0.5, 0.6) is 5.75 Å². The van der Waals surface area contributed by atoms with Crippen LogP contribution in [-0.4, -0.2) is 57.4 Å². The number of carbonyl (C=O) groups is 1. The van der Waals surface area contributed by atoms with Crippen molar-refractivity contribution in [2.45, 2.75) is 0 Å². The predicted octanol–water partition coefficient (Wildman–Crippen LogP) is -1.41. The molecule has 0 saturated carbocycles. The maximum atomic E-state index is 11.7. The third-order valence-corrected chi connectivity index (χ3v) is 3.29. The van der Waals surface area contributed by atoms with E-state index in [0.717, 1.165) is 44.2 Å². The molecule has 0 bridgehead atoms. The molecule has 1 aliphatic rings. The third kappa shape index (κ3) is 6.05. The van der Waals surface area contributed by atoms with Gasteiger partial charge >= 0.3 is 5.97 Å². The number of nitrogens with zero attached hydrogens (tertiary/aromatic N) is 1. The Labute approximate surface area is 137 Å². The highest BCUT2D eigenvalue weighted by molar-refractivity contribution is 5.87. The molecule has 1 heterocycles. The van der Waals surface area contributed by atoms with Gasteiger partial charge in [0.1, 0.15) is 12.4 Å². The molecule has 2 rings (SSSR count). The number of ether oxygens (including phenoxy) is 3. The van der Waals surface area contributed by atoms with Crippen molar-refractivity contribution in [1.29, 1.82) is 0 Å². The Morgan fingerprint density at radius 2 is 2.05 bits per heavy atom. The summed E-state index contributed by atoms with van der Waals surface area (Å²) < 4.78 is 15.7. The molecule has 0 aliphatic carbocycles. The van der Waals surface area contributed by atoms with Crippen LogP contribution >= 0.6 is 0 Å². The van der Waals surface area contributed by atoms with Crippen molar-refractivity contribution in [1.82, 2.24) is 4.90 Å². The van der Waals surface area contributed by atoms with Crippen LogP contribution in [0.25, 0.3) is 6.08 Å². The molecule has 0 spiro atoms. The van der Waals surface area contributed by atoms with Crippen LogP contribution in [-0.2, 0) is 14.3 Å². The molecule has 0 atom stereocenters. The Hall–Kier alpha value is -1.56. The van der Waals surface area contributed by atoms with Crippen molar-refractivity contribution in [2.75, 3.05) is 46.6 Å². The number of morpholine rings is 1. The standard InChI is InChI=1S/C16H21NO4.ClH/c1-19-15-5-3-2-4-14(15)6-7-16(18)21-13-10-17-8-11-20-12-9-17;/h2-7H,8-13H2,1H3;1H/p-1/b7-6+;. The molecule has 0 N–H and O–H groups in total. The van der Waals surface area contributed by atoms with Gasteiger partial charge in [0.2, 0.25) is 0 Å². The van der Waals surface area contributed by atoms with Crippen LogP contribution in [0, 0.1) is 0 Å². The van der Waals surface area contributed by atoms with Gasteiger partial charge in [-0.3, -0.25) is 4.90 Å². The smallest absolute Gasteiger partial charge is 0.330 e. The van der Waals surface area contributed by atoms with E-state index in [1.165, 1.54) is 6.08 Å². The first kappa shape index (κ1) is 18.5. The second-order valence-corrected chi connectivity index (χ2v) is 4.70. The number of benzene rings is 1. The third-order valence-electron chi connectivity index (χ3n) is 3.29. The number of esters is 1. The zero-order valence-electron chi connectivity index (χ0n) is 12.7. The second kappa shape index (κ2) is 10.2. The van der Waals surface area contributed by atoms with Gasteiger partial charge in [0.15, 0.2) is 0 Å². The summed E-state index contributed by atoms with van der Waals surface area (Å²) in [5.41, 5.74) is 0.852. The van der Waals surface area contributed by atoms with E-state index in [0.29, 0.717) is 6.61 Å². The maximum absolute atomic E-state index is 11.7. The lowest BCUT2D eigenvalue weighted by molar-refractivity contribution is -0.138. The van der Waals surface area contributed by atoms with Crippen molar-refractivity contribution < 1.29 is 31.4 Å². The number of hydrogen-bond donors (Lipinski definition) is 0. The number of para-hydroxylation sites is 1. The first-order valence-electron chi connectivity index (χ1n) is 7.07. The highest BCUT2D eigenvalue weighted by Crippen LogP contribution is 2.18. The van der Waals surface area contributed by atoms with Crippen molar-refractivity contribution in [3.05, 3.63) is 35.9 Å². The first-order chi connectivity index (χ1) is 10.3. The summed E-state index contributed by atoms with van der Waals surface area (Å²) >= 11 is 0. The monoisotopic (exact) mass is 326 g/mol. The zero-order chi connectivity index (χ0) is 14.9. The van der Waals surface area contributed by atoms with Gasteiger partial charge in [-0.15, -0.1) is 0 Å². The molecule has 0 unspecified atom stereocenters. The molecule has 1 aromatic rings. The summed E-state index contributed by atoms with van der Waals surface area (Å²) in [7, 11) is 1.60. The topological polar surface area (TPSA) is 48.0 Å². The molecule has 5 nitrogen and oxygen atoms in total. The summed E-state index contributed by atoms with van der Waals surface area (Å²) in [5, 5.41) is 0. The van der Waals surface area contributed by atoms with E-state index in [-0.39, 0.29) is 18.4 Å². The van der Waals surface area contributed by atoms with Crippen molar-refractivity contribution in [3.63, 3.8) is 0 Å². The number of rotatable bonds is 6. The molecule has 0 radical (unpaired) electrons. The van der Waals surface area contributed by atoms with Crippen LogP contribution in [0.15, 0.2) is 30.3 Å². The molecule has 1 aromatic carbocycles. The van der Waals surface area contributed by atoms with Crippen molar-refractivity contribution >= 4 is 12.0 Å². The van der Waals surface area contributed by atoms with Crippen LogP contribution in [0.3, 0.4) is 0 Å². The van der Waals surface area contributed by atoms with Gasteiger partial charge in [0, 0.05) is 31.3 Å². The lowest BCUT2D eigenvalue weighted by Crippen LogP contribution is -3.00. The Bertz CT molecular complexity index is 487. The fraction of sp³-hybridized carbons (Fsp3) is 0.438. The van der Waals surface area contributed by atoms with Crippen molar-refractivity contribution in [3.8, 4) is 5.75 Å². The molecule has 0 aromatic heterocycles. The summed E-state index contributed by atoms with van der Waals surface area (Å²) in [6.07, 6.45) is 3.13. The normalized spacial score (nSPS) is 15.3. The largest absolute Gasteiger partial charge is 1.00 e. The Kier molecular flexibility index (Phi) is 8.58. The minimum Gasteiger partial charge on any atom is -1.00 e. The average Bonchev–Trinajstić information content (AvgIpc) is 2.54. The lowest BCUT2D eigenvalue weighted by atomic mass is 10.2. The molecule has 1 fully saturated rings. The SMILES string of the molecule is COc1ccccc1/C=C/C(=O)OCCN1CCOCC1.[Cl-]. The van der Waals surface area contributed by atoms with Gasteiger partial charge in [0.05, 0.1) is 20.3 Å². The molecule has 1 aliphatic heterocycles. The number of hydrogen-bond acceptors (Lipinski definition) is 5. The van der Waals surface area contributed by atoms with E-state index in [4.69, 9.17) is 14.2 Å². The molecule has 0 amide bonds. The second-order valence-electron chi connectivity index (χ2n) is 4.70. The summed E-state index contributed by atoms with van der Waals surface area (Å²) in [6, 6.07) is 7.52. The Morgan fingerprint density at radius 1 is 1.32 bits per heavy atom. The van der Waals surface area contributed by atoms with Gasteiger partial charge in [-0.25, -0.2) is 4.79 Å². The summed E-state index contributed by atoms with van der Waals surface area (Å²) in [5.74, 6) is 0.393. The molecular weight excluding hydrogens is 306 g/mol. The molecule has 1 saturated heterocycles. The van der Waals surface area contributed by atoms with E-state index < -0.39 is 0 Å². The molecule has 22 heavy (non-hydrogen) atoms. The zero-order valence-corrected chi connectivity index (χ0v) is 13.4. The maximum Gasteiger partial charge on any atom is 0.330 e. The van der Waals surface area contributed by atoms with Gasteiger partial charge < -0.3 is 26.6 Å². The van der Waals surface area contributed by atoms with E-state index in [1.807, 2.05) is 24.3 Å². The summed E-state index contributed by atoms with van der Waals surface area (Å²) in [4.78, 5) is 13.9. The van der Waals surface area contributed by atoms with E-state index in [2.05, 4.69) is 4.90 Å². The van der Waals surface area contributed by atoms with E-state index in [1.54, 1.807) is 13.2 Å². The van der Waals surface area contributed by atoms with Gasteiger partial charge in [0.25, 0.3) is 0 Å². The minimum absolute atomic E-state index is 0. The van der Waals surface area contributed by atoms with Gasteiger partial charge in [-0.2, -0.15) is 0 Å². The van der Waals surface area contributed by atoms with Crippen LogP contribution < -0.4 is 17.1 Å². The average molecular weight is 327 g/mol. The number of methoxy groups -OCH3 is 1. The van der Waals surface area contributed by atoms with E-state index in [9.17, 15) is 4.79 Å². The van der Waals surface area contributed by atoms with Crippen LogP contribution in [0.1, 0.15) is 5.56 Å². The first-order valence-corrected chi connectivity index (χ1v) is 7.07. The fourth-order valence-electron chi connectivity index (χ4n) is 2.11. The van der Waals surface area contributed by atoms with Crippen molar-refractivity contribution in [2.24, 2.45) is 0 Å². The Balaban J connectivity index is 0.00000242. The van der Waals surface area contributed by atoms with E-state index >= 15 is 0 Å². The molecular formula is C16H21ClNO4-. The fourth-order valence-corrected chi connectivity index (χ4v) is 2.11. The Morgan fingerprint density at radius 3 is 2.77 bits per heavy atom. The highest BCUT2D eigenvalue weighted by Gasteiger charge is 2.10. The molecule has 122 valence electrons. The highest BCUT2D eigenvalue weighted by atomic mass is 35.5. The minimum atomic E-state index is -0.339.